The molecule has 1 atom stereocenters. The summed E-state index contributed by atoms with van der Waals surface area (Å²) in [6.07, 6.45) is 2.71. The summed E-state index contributed by atoms with van der Waals surface area (Å²) in [5.74, 6) is 1.83. The summed E-state index contributed by atoms with van der Waals surface area (Å²) in [4.78, 5) is 2.52. The lowest BCUT2D eigenvalue weighted by Crippen LogP contribution is -2.37. The summed E-state index contributed by atoms with van der Waals surface area (Å²) in [5.41, 5.74) is 2.48. The highest BCUT2D eigenvalue weighted by Crippen LogP contribution is 2.26. The SMILES string of the molecule is Cc1cc(OCCN2CCCC(C)C2)cc(C)c1Br. The number of rotatable bonds is 4. The van der Waals surface area contributed by atoms with Crippen LogP contribution in [0.15, 0.2) is 16.6 Å². The molecule has 0 bridgehead atoms. The van der Waals surface area contributed by atoms with Gasteiger partial charge in [0.2, 0.25) is 0 Å². The molecule has 0 saturated carbocycles. The Morgan fingerprint density at radius 1 is 1.32 bits per heavy atom. The number of aryl methyl sites for hydroxylation is 2. The molecule has 0 N–H and O–H groups in total. The molecule has 0 aromatic heterocycles. The van der Waals surface area contributed by atoms with Crippen LogP contribution in [0.4, 0.5) is 0 Å². The van der Waals surface area contributed by atoms with Crippen molar-refractivity contribution in [1.82, 2.24) is 4.90 Å². The third-order valence-electron chi connectivity index (χ3n) is 3.83. The van der Waals surface area contributed by atoms with Crippen molar-refractivity contribution in [2.75, 3.05) is 26.2 Å². The topological polar surface area (TPSA) is 12.5 Å². The number of halogens is 1. The molecule has 0 aliphatic carbocycles. The Bertz CT molecular complexity index is 410. The molecule has 0 spiro atoms. The van der Waals surface area contributed by atoms with Crippen LogP contribution in [0.3, 0.4) is 0 Å². The minimum atomic E-state index is 0.785. The third kappa shape index (κ3) is 4.22. The summed E-state index contributed by atoms with van der Waals surface area (Å²) < 4.78 is 7.08. The first-order valence-corrected chi connectivity index (χ1v) is 7.97. The van der Waals surface area contributed by atoms with Gasteiger partial charge >= 0.3 is 0 Å². The maximum Gasteiger partial charge on any atom is 0.119 e. The maximum atomic E-state index is 5.90. The average molecular weight is 326 g/mol. The van der Waals surface area contributed by atoms with E-state index in [0.29, 0.717) is 0 Å². The number of benzene rings is 1. The predicted octanol–water partition coefficient (Wildman–Crippen LogP) is 4.18. The van der Waals surface area contributed by atoms with Crippen molar-refractivity contribution < 1.29 is 4.74 Å². The van der Waals surface area contributed by atoms with Crippen molar-refractivity contribution in [3.63, 3.8) is 0 Å². The monoisotopic (exact) mass is 325 g/mol. The van der Waals surface area contributed by atoms with E-state index in [2.05, 4.69) is 53.7 Å². The molecule has 1 aliphatic rings. The van der Waals surface area contributed by atoms with Crippen LogP contribution in [0.25, 0.3) is 0 Å². The average Bonchev–Trinajstić information content (AvgIpc) is 2.36. The lowest BCUT2D eigenvalue weighted by Gasteiger charge is -2.30. The number of hydrogen-bond acceptors (Lipinski definition) is 2. The second-order valence-electron chi connectivity index (χ2n) is 5.77. The van der Waals surface area contributed by atoms with Gasteiger partial charge in [-0.1, -0.05) is 22.9 Å². The summed E-state index contributed by atoms with van der Waals surface area (Å²) in [6.45, 7) is 10.8. The lowest BCUT2D eigenvalue weighted by molar-refractivity contribution is 0.153. The number of likely N-dealkylation sites (tertiary alicyclic amines) is 1. The van der Waals surface area contributed by atoms with Crippen LogP contribution < -0.4 is 4.74 Å². The molecule has 1 aliphatic heterocycles. The third-order valence-corrected chi connectivity index (χ3v) is 5.08. The van der Waals surface area contributed by atoms with E-state index < -0.39 is 0 Å². The zero-order valence-electron chi connectivity index (χ0n) is 12.2. The predicted molar refractivity (Wildman–Crippen MR) is 83.9 cm³/mol. The molecule has 2 rings (SSSR count). The van der Waals surface area contributed by atoms with Gasteiger partial charge in [0.15, 0.2) is 0 Å². The largest absolute Gasteiger partial charge is 0.492 e. The van der Waals surface area contributed by atoms with Crippen LogP contribution >= 0.6 is 15.9 Å². The van der Waals surface area contributed by atoms with E-state index in [1.165, 1.54) is 41.5 Å². The molecule has 1 heterocycles. The van der Waals surface area contributed by atoms with Crippen molar-refractivity contribution in [2.45, 2.75) is 33.6 Å². The van der Waals surface area contributed by atoms with Gasteiger partial charge in [-0.05, 0) is 62.4 Å². The van der Waals surface area contributed by atoms with Gasteiger partial charge in [-0.2, -0.15) is 0 Å². The van der Waals surface area contributed by atoms with Crippen molar-refractivity contribution in [3.8, 4) is 5.75 Å². The molecule has 0 radical (unpaired) electrons. The molecule has 2 nitrogen and oxygen atoms in total. The number of piperidine rings is 1. The van der Waals surface area contributed by atoms with E-state index in [9.17, 15) is 0 Å². The molecule has 19 heavy (non-hydrogen) atoms. The molecular formula is C16H24BrNO. The molecule has 1 saturated heterocycles. The first-order chi connectivity index (χ1) is 9.06. The Morgan fingerprint density at radius 3 is 2.63 bits per heavy atom. The highest BCUT2D eigenvalue weighted by Gasteiger charge is 2.15. The highest BCUT2D eigenvalue weighted by atomic mass is 79.9. The van der Waals surface area contributed by atoms with E-state index in [1.54, 1.807) is 0 Å². The molecule has 0 amide bonds. The van der Waals surface area contributed by atoms with Gasteiger partial charge in [0, 0.05) is 17.6 Å². The first-order valence-electron chi connectivity index (χ1n) is 7.18. The fourth-order valence-corrected chi connectivity index (χ4v) is 3.00. The Morgan fingerprint density at radius 2 is 2.00 bits per heavy atom. The second-order valence-corrected chi connectivity index (χ2v) is 6.56. The molecule has 3 heteroatoms. The molecular weight excluding hydrogens is 302 g/mol. The second kappa shape index (κ2) is 6.76. The van der Waals surface area contributed by atoms with E-state index in [0.717, 1.165) is 24.8 Å². The molecule has 1 fully saturated rings. The van der Waals surface area contributed by atoms with Crippen LogP contribution in [0.1, 0.15) is 30.9 Å². The van der Waals surface area contributed by atoms with Gasteiger partial charge in [0.05, 0.1) is 0 Å². The quantitative estimate of drug-likeness (QED) is 0.823. The smallest absolute Gasteiger partial charge is 0.119 e. The Labute approximate surface area is 125 Å². The van der Waals surface area contributed by atoms with Crippen LogP contribution in [-0.2, 0) is 0 Å². The van der Waals surface area contributed by atoms with Gasteiger partial charge < -0.3 is 4.74 Å². The van der Waals surface area contributed by atoms with Gasteiger partial charge in [-0.3, -0.25) is 4.90 Å². The van der Waals surface area contributed by atoms with Crippen molar-refractivity contribution in [2.24, 2.45) is 5.92 Å². The van der Waals surface area contributed by atoms with Crippen molar-refractivity contribution >= 4 is 15.9 Å². The van der Waals surface area contributed by atoms with Crippen molar-refractivity contribution in [3.05, 3.63) is 27.7 Å². The Hall–Kier alpha value is -0.540. The number of nitrogens with zero attached hydrogens (tertiary/aromatic N) is 1. The summed E-state index contributed by atoms with van der Waals surface area (Å²) in [7, 11) is 0. The van der Waals surface area contributed by atoms with Gasteiger partial charge in [-0.25, -0.2) is 0 Å². The fraction of sp³-hybridized carbons (Fsp3) is 0.625. The molecule has 1 aromatic carbocycles. The number of hydrogen-bond donors (Lipinski definition) is 0. The van der Waals surface area contributed by atoms with Gasteiger partial charge in [0.1, 0.15) is 12.4 Å². The summed E-state index contributed by atoms with van der Waals surface area (Å²) >= 11 is 3.59. The first kappa shape index (κ1) is 14.9. The maximum absolute atomic E-state index is 5.90. The summed E-state index contributed by atoms with van der Waals surface area (Å²) in [5, 5.41) is 0. The molecule has 106 valence electrons. The minimum absolute atomic E-state index is 0.785. The van der Waals surface area contributed by atoms with Crippen LogP contribution in [0, 0.1) is 19.8 Å². The zero-order chi connectivity index (χ0) is 13.8. The van der Waals surface area contributed by atoms with E-state index in [1.807, 2.05) is 0 Å². The van der Waals surface area contributed by atoms with Gasteiger partial charge in [-0.15, -0.1) is 0 Å². The highest BCUT2D eigenvalue weighted by molar-refractivity contribution is 9.10. The van der Waals surface area contributed by atoms with E-state index in [-0.39, 0.29) is 0 Å². The molecule has 1 unspecified atom stereocenters. The van der Waals surface area contributed by atoms with Crippen LogP contribution in [0.2, 0.25) is 0 Å². The summed E-state index contributed by atoms with van der Waals surface area (Å²) in [6, 6.07) is 4.21. The van der Waals surface area contributed by atoms with E-state index in [4.69, 9.17) is 4.74 Å². The Kier molecular flexibility index (Phi) is 5.28. The normalized spacial score (nSPS) is 20.5. The fourth-order valence-electron chi connectivity index (χ4n) is 2.77. The number of ether oxygens (including phenoxy) is 1. The molecule has 1 aromatic rings. The zero-order valence-corrected chi connectivity index (χ0v) is 13.8. The van der Waals surface area contributed by atoms with E-state index >= 15 is 0 Å². The van der Waals surface area contributed by atoms with Crippen molar-refractivity contribution in [1.29, 1.82) is 0 Å². The van der Waals surface area contributed by atoms with Crippen LogP contribution in [-0.4, -0.2) is 31.1 Å². The minimum Gasteiger partial charge on any atom is -0.492 e. The van der Waals surface area contributed by atoms with Crippen LogP contribution in [0.5, 0.6) is 5.75 Å². The standard InChI is InChI=1S/C16H24BrNO/c1-12-5-4-6-18(11-12)7-8-19-15-9-13(2)16(17)14(3)10-15/h9-10,12H,4-8,11H2,1-3H3. The Balaban J connectivity index is 1.82. The van der Waals surface area contributed by atoms with Gasteiger partial charge in [0.25, 0.3) is 0 Å². The lowest BCUT2D eigenvalue weighted by atomic mass is 10.0.